The van der Waals surface area contributed by atoms with Crippen molar-refractivity contribution in [2.75, 3.05) is 5.32 Å². The fraction of sp³-hybridized carbons (Fsp3) is 0.391. The fourth-order valence-electron chi connectivity index (χ4n) is 3.38. The van der Waals surface area contributed by atoms with Crippen LogP contribution in [0.2, 0.25) is 0 Å². The molecule has 3 aromatic rings. The number of halogens is 1. The average molecular weight is 381 g/mol. The Morgan fingerprint density at radius 2 is 1.82 bits per heavy atom. The van der Waals surface area contributed by atoms with E-state index in [2.05, 4.69) is 20.9 Å². The van der Waals surface area contributed by atoms with Crippen molar-refractivity contribution < 1.29 is 9.18 Å². The summed E-state index contributed by atoms with van der Waals surface area (Å²) in [6, 6.07) is 9.28. The minimum atomic E-state index is -0.189. The van der Waals surface area contributed by atoms with Crippen LogP contribution < -0.4 is 5.32 Å². The number of pyridine rings is 1. The highest BCUT2D eigenvalue weighted by molar-refractivity contribution is 5.92. The summed E-state index contributed by atoms with van der Waals surface area (Å²) >= 11 is 0. The monoisotopic (exact) mass is 381 g/mol. The number of hydrogen-bond acceptors (Lipinski definition) is 2. The van der Waals surface area contributed by atoms with E-state index in [9.17, 15) is 9.18 Å². The van der Waals surface area contributed by atoms with Gasteiger partial charge < -0.3 is 9.88 Å². The summed E-state index contributed by atoms with van der Waals surface area (Å²) in [4.78, 5) is 17.0. The van der Waals surface area contributed by atoms with Crippen molar-refractivity contribution in [1.29, 1.82) is 0 Å². The highest BCUT2D eigenvalue weighted by atomic mass is 19.1. The molecule has 0 radical (unpaired) electrons. The zero-order valence-corrected chi connectivity index (χ0v) is 17.5. The van der Waals surface area contributed by atoms with Crippen LogP contribution in [0.15, 0.2) is 30.3 Å². The first-order valence-electron chi connectivity index (χ1n) is 9.56. The van der Waals surface area contributed by atoms with Crippen molar-refractivity contribution in [1.82, 2.24) is 9.55 Å². The Balaban J connectivity index is 1.92. The quantitative estimate of drug-likeness (QED) is 0.646. The molecule has 0 aliphatic carbocycles. The standard InChI is InChI=1S/C23H28FN3O/c1-14-9-17(7-8-18(14)24)13-27-16(3)11-19-20(27)10-15(2)22(25-19)26-21(28)12-23(4,5)6/h7-11H,12-13H2,1-6H3,(H,25,26,28). The maximum atomic E-state index is 13.6. The summed E-state index contributed by atoms with van der Waals surface area (Å²) in [5.74, 6) is 0.392. The van der Waals surface area contributed by atoms with Crippen LogP contribution in [0.25, 0.3) is 11.0 Å². The second-order valence-corrected chi connectivity index (χ2v) is 8.80. The predicted octanol–water partition coefficient (Wildman–Crippen LogP) is 5.52. The molecule has 0 aliphatic heterocycles. The summed E-state index contributed by atoms with van der Waals surface area (Å²) in [5, 5.41) is 2.95. The van der Waals surface area contributed by atoms with E-state index in [1.807, 2.05) is 52.8 Å². The van der Waals surface area contributed by atoms with Crippen molar-refractivity contribution in [3.8, 4) is 0 Å². The summed E-state index contributed by atoms with van der Waals surface area (Å²) in [6.07, 6.45) is 0.441. The van der Waals surface area contributed by atoms with Crippen LogP contribution in [0.1, 0.15) is 49.6 Å². The van der Waals surface area contributed by atoms with E-state index in [1.165, 1.54) is 6.07 Å². The lowest BCUT2D eigenvalue weighted by Gasteiger charge is -2.17. The van der Waals surface area contributed by atoms with Gasteiger partial charge in [-0.25, -0.2) is 9.37 Å². The van der Waals surface area contributed by atoms with Crippen LogP contribution in [0, 0.1) is 32.0 Å². The van der Waals surface area contributed by atoms with Gasteiger partial charge in [-0.3, -0.25) is 4.79 Å². The van der Waals surface area contributed by atoms with Gasteiger partial charge in [0, 0.05) is 18.7 Å². The molecule has 0 fully saturated rings. The van der Waals surface area contributed by atoms with Crippen molar-refractivity contribution in [3.63, 3.8) is 0 Å². The molecule has 0 spiro atoms. The van der Waals surface area contributed by atoms with Crippen molar-refractivity contribution in [3.05, 3.63) is 58.5 Å². The van der Waals surface area contributed by atoms with E-state index in [0.29, 0.717) is 24.3 Å². The third kappa shape index (κ3) is 4.41. The molecule has 28 heavy (non-hydrogen) atoms. The molecular weight excluding hydrogens is 353 g/mol. The Hall–Kier alpha value is -2.69. The largest absolute Gasteiger partial charge is 0.339 e. The lowest BCUT2D eigenvalue weighted by Crippen LogP contribution is -2.20. The SMILES string of the molecule is Cc1cc(Cn2c(C)cc3nc(NC(=O)CC(C)(C)C)c(C)cc32)ccc1F. The van der Waals surface area contributed by atoms with Crippen LogP contribution in [-0.4, -0.2) is 15.5 Å². The number of rotatable bonds is 4. The molecule has 148 valence electrons. The first-order valence-corrected chi connectivity index (χ1v) is 9.56. The topological polar surface area (TPSA) is 46.9 Å². The van der Waals surface area contributed by atoms with Gasteiger partial charge in [-0.2, -0.15) is 0 Å². The van der Waals surface area contributed by atoms with Gasteiger partial charge in [0.25, 0.3) is 0 Å². The summed E-state index contributed by atoms with van der Waals surface area (Å²) in [7, 11) is 0. The third-order valence-electron chi connectivity index (χ3n) is 4.80. The van der Waals surface area contributed by atoms with Gasteiger partial charge in [-0.05, 0) is 61.1 Å². The number of fused-ring (bicyclic) bond motifs is 1. The number of nitrogens with zero attached hydrogens (tertiary/aromatic N) is 2. The average Bonchev–Trinajstić information content (AvgIpc) is 2.85. The molecule has 1 N–H and O–H groups in total. The number of carbonyl (C=O) groups is 1. The van der Waals surface area contributed by atoms with Crippen molar-refractivity contribution >= 4 is 22.8 Å². The third-order valence-corrected chi connectivity index (χ3v) is 4.80. The molecule has 5 heteroatoms. The van der Waals surface area contributed by atoms with E-state index in [1.54, 1.807) is 6.92 Å². The highest BCUT2D eigenvalue weighted by Gasteiger charge is 2.18. The van der Waals surface area contributed by atoms with E-state index in [-0.39, 0.29) is 17.1 Å². The van der Waals surface area contributed by atoms with Gasteiger partial charge in [0.05, 0.1) is 11.0 Å². The number of aromatic nitrogens is 2. The Morgan fingerprint density at radius 3 is 2.46 bits per heavy atom. The molecule has 0 saturated heterocycles. The van der Waals surface area contributed by atoms with Gasteiger partial charge in [-0.1, -0.05) is 32.9 Å². The number of amides is 1. The van der Waals surface area contributed by atoms with Gasteiger partial charge in [0.1, 0.15) is 11.6 Å². The molecule has 4 nitrogen and oxygen atoms in total. The molecule has 0 aliphatic rings. The molecule has 1 amide bonds. The van der Waals surface area contributed by atoms with E-state index >= 15 is 0 Å². The van der Waals surface area contributed by atoms with Crippen molar-refractivity contribution in [2.45, 2.75) is 54.5 Å². The Labute approximate surface area is 165 Å². The summed E-state index contributed by atoms with van der Waals surface area (Å²) in [5.41, 5.74) is 5.45. The molecule has 0 saturated carbocycles. The molecule has 2 heterocycles. The fourth-order valence-corrected chi connectivity index (χ4v) is 3.38. The van der Waals surface area contributed by atoms with Crippen LogP contribution in [-0.2, 0) is 11.3 Å². The number of nitrogens with one attached hydrogen (secondary N) is 1. The summed E-state index contributed by atoms with van der Waals surface area (Å²) < 4.78 is 15.7. The summed E-state index contributed by atoms with van der Waals surface area (Å²) in [6.45, 7) is 12.5. The van der Waals surface area contributed by atoms with E-state index in [0.717, 1.165) is 27.9 Å². The molecule has 1 aromatic carbocycles. The number of carbonyl (C=O) groups excluding carboxylic acids is 1. The number of benzene rings is 1. The first-order chi connectivity index (χ1) is 13.0. The molecule has 0 bridgehead atoms. The molecular formula is C23H28FN3O. The maximum Gasteiger partial charge on any atom is 0.226 e. The molecule has 0 unspecified atom stereocenters. The number of hydrogen-bond donors (Lipinski definition) is 1. The second-order valence-electron chi connectivity index (χ2n) is 8.80. The minimum absolute atomic E-state index is 0.0274. The maximum absolute atomic E-state index is 13.6. The second kappa shape index (κ2) is 7.38. The Kier molecular flexibility index (Phi) is 5.28. The zero-order chi connectivity index (χ0) is 20.6. The van der Waals surface area contributed by atoms with E-state index < -0.39 is 0 Å². The lowest BCUT2D eigenvalue weighted by molar-refractivity contribution is -0.117. The molecule has 3 rings (SSSR count). The first kappa shape index (κ1) is 20.1. The van der Waals surface area contributed by atoms with Crippen LogP contribution in [0.5, 0.6) is 0 Å². The van der Waals surface area contributed by atoms with Gasteiger partial charge in [0.15, 0.2) is 0 Å². The molecule has 0 atom stereocenters. The normalized spacial score (nSPS) is 11.8. The van der Waals surface area contributed by atoms with Crippen molar-refractivity contribution in [2.24, 2.45) is 5.41 Å². The smallest absolute Gasteiger partial charge is 0.226 e. The number of aryl methyl sites for hydroxylation is 3. The Bertz CT molecular complexity index is 1040. The van der Waals surface area contributed by atoms with Gasteiger partial charge >= 0.3 is 0 Å². The minimum Gasteiger partial charge on any atom is -0.339 e. The van der Waals surface area contributed by atoms with Crippen LogP contribution in [0.4, 0.5) is 10.2 Å². The van der Waals surface area contributed by atoms with Gasteiger partial charge in [-0.15, -0.1) is 0 Å². The van der Waals surface area contributed by atoms with E-state index in [4.69, 9.17) is 0 Å². The van der Waals surface area contributed by atoms with Gasteiger partial charge in [0.2, 0.25) is 5.91 Å². The van der Waals surface area contributed by atoms with Crippen LogP contribution >= 0.6 is 0 Å². The lowest BCUT2D eigenvalue weighted by atomic mass is 9.92. The zero-order valence-electron chi connectivity index (χ0n) is 17.5. The Morgan fingerprint density at radius 1 is 1.11 bits per heavy atom. The highest BCUT2D eigenvalue weighted by Crippen LogP contribution is 2.26. The number of anilines is 1. The predicted molar refractivity (Wildman–Crippen MR) is 112 cm³/mol. The van der Waals surface area contributed by atoms with Crippen LogP contribution in [0.3, 0.4) is 0 Å². The molecule has 2 aromatic heterocycles.